The predicted molar refractivity (Wildman–Crippen MR) is 93.4 cm³/mol. The summed E-state index contributed by atoms with van der Waals surface area (Å²) in [6.07, 6.45) is 6.20. The molecule has 1 amide bonds. The monoisotopic (exact) mass is 300 g/mol. The largest absolute Gasteiger partial charge is 0.398 e. The van der Waals surface area contributed by atoms with Crippen LogP contribution in [0, 0.1) is 12.3 Å². The van der Waals surface area contributed by atoms with Gasteiger partial charge in [-0.1, -0.05) is 44.9 Å². The van der Waals surface area contributed by atoms with Gasteiger partial charge >= 0.3 is 0 Å². The van der Waals surface area contributed by atoms with Crippen molar-refractivity contribution in [3.8, 4) is 0 Å². The molecule has 3 heteroatoms. The van der Waals surface area contributed by atoms with Crippen LogP contribution in [0.15, 0.2) is 24.3 Å². The summed E-state index contributed by atoms with van der Waals surface area (Å²) in [6, 6.07) is 6.33. The molecule has 2 rings (SSSR count). The van der Waals surface area contributed by atoms with Crippen molar-refractivity contribution in [2.75, 3.05) is 12.3 Å². The van der Waals surface area contributed by atoms with Gasteiger partial charge in [0, 0.05) is 17.8 Å². The smallest absolute Gasteiger partial charge is 0.210 e. The van der Waals surface area contributed by atoms with E-state index in [9.17, 15) is 4.79 Å². The Kier molecular flexibility index (Phi) is 4.94. The van der Waals surface area contributed by atoms with Crippen molar-refractivity contribution in [3.05, 3.63) is 35.4 Å². The number of carbonyl (C=O) groups is 1. The van der Waals surface area contributed by atoms with Gasteiger partial charge in [-0.25, -0.2) is 0 Å². The van der Waals surface area contributed by atoms with Crippen LogP contribution in [0.25, 0.3) is 5.57 Å². The van der Waals surface area contributed by atoms with E-state index in [0.717, 1.165) is 43.5 Å². The number of carbonyl (C=O) groups excluding carboxylic acids is 1. The van der Waals surface area contributed by atoms with Crippen LogP contribution in [0.1, 0.15) is 51.2 Å². The summed E-state index contributed by atoms with van der Waals surface area (Å²) in [5, 5.41) is 0. The lowest BCUT2D eigenvalue weighted by Gasteiger charge is -2.36. The summed E-state index contributed by atoms with van der Waals surface area (Å²) in [5.74, 6) is 0. The van der Waals surface area contributed by atoms with Crippen LogP contribution in [0.4, 0.5) is 5.69 Å². The molecular weight excluding hydrogens is 272 g/mol. The average molecular weight is 300 g/mol. The maximum atomic E-state index is 11.4. The minimum atomic E-state index is 0.163. The molecule has 0 fully saturated rings. The quantitative estimate of drug-likeness (QED) is 0.659. The van der Waals surface area contributed by atoms with Crippen molar-refractivity contribution in [2.24, 2.45) is 5.41 Å². The van der Waals surface area contributed by atoms with Crippen LogP contribution >= 0.6 is 0 Å². The predicted octanol–water partition coefficient (Wildman–Crippen LogP) is 4.02. The number of aryl methyl sites for hydroxylation is 1. The van der Waals surface area contributed by atoms with Crippen LogP contribution in [-0.2, 0) is 4.79 Å². The van der Waals surface area contributed by atoms with Gasteiger partial charge in [0.05, 0.1) is 6.04 Å². The number of benzene rings is 1. The number of hydrogen-bond donors (Lipinski definition) is 1. The third-order valence-electron chi connectivity index (χ3n) is 4.87. The van der Waals surface area contributed by atoms with Crippen LogP contribution < -0.4 is 5.73 Å². The molecule has 3 nitrogen and oxygen atoms in total. The summed E-state index contributed by atoms with van der Waals surface area (Å²) < 4.78 is 0. The Morgan fingerprint density at radius 3 is 2.77 bits per heavy atom. The van der Waals surface area contributed by atoms with Crippen LogP contribution in [0.5, 0.6) is 0 Å². The van der Waals surface area contributed by atoms with Gasteiger partial charge in [-0.2, -0.15) is 0 Å². The fourth-order valence-electron chi connectivity index (χ4n) is 3.02. The van der Waals surface area contributed by atoms with Gasteiger partial charge < -0.3 is 10.6 Å². The van der Waals surface area contributed by atoms with E-state index in [1.165, 1.54) is 11.1 Å². The lowest BCUT2D eigenvalue weighted by Crippen LogP contribution is -2.39. The van der Waals surface area contributed by atoms with E-state index in [2.05, 4.69) is 39.8 Å². The minimum Gasteiger partial charge on any atom is -0.398 e. The van der Waals surface area contributed by atoms with Crippen LogP contribution in [0.3, 0.4) is 0 Å². The Bertz CT molecular complexity index is 575. The zero-order valence-corrected chi connectivity index (χ0v) is 14.2. The van der Waals surface area contributed by atoms with E-state index < -0.39 is 0 Å². The Morgan fingerprint density at radius 1 is 1.41 bits per heavy atom. The molecule has 1 unspecified atom stereocenters. The fraction of sp³-hybridized carbons (Fsp3) is 0.526. The van der Waals surface area contributed by atoms with Gasteiger partial charge in [0.25, 0.3) is 0 Å². The molecule has 0 saturated carbocycles. The van der Waals surface area contributed by atoms with Gasteiger partial charge in [-0.3, -0.25) is 4.79 Å². The van der Waals surface area contributed by atoms with Gasteiger partial charge in [-0.15, -0.1) is 0 Å². The van der Waals surface area contributed by atoms with Crippen molar-refractivity contribution in [3.63, 3.8) is 0 Å². The molecule has 1 aromatic carbocycles. The number of nitrogen functional groups attached to an aromatic ring is 1. The van der Waals surface area contributed by atoms with Gasteiger partial charge in [0.15, 0.2) is 0 Å². The van der Waals surface area contributed by atoms with Crippen molar-refractivity contribution in [2.45, 2.75) is 53.0 Å². The first-order valence-electron chi connectivity index (χ1n) is 8.14. The van der Waals surface area contributed by atoms with E-state index in [4.69, 9.17) is 5.73 Å². The second-order valence-electron chi connectivity index (χ2n) is 7.17. The Hall–Kier alpha value is -1.77. The molecule has 1 aliphatic heterocycles. The topological polar surface area (TPSA) is 46.3 Å². The zero-order valence-electron chi connectivity index (χ0n) is 14.2. The second-order valence-corrected chi connectivity index (χ2v) is 7.17. The first-order chi connectivity index (χ1) is 10.4. The fourth-order valence-corrected chi connectivity index (χ4v) is 3.02. The second kappa shape index (κ2) is 6.55. The molecule has 0 bridgehead atoms. The zero-order chi connectivity index (χ0) is 16.3. The van der Waals surface area contributed by atoms with Crippen LogP contribution in [0.2, 0.25) is 0 Å². The minimum absolute atomic E-state index is 0.163. The molecule has 0 spiro atoms. The number of rotatable bonds is 5. The third-order valence-corrected chi connectivity index (χ3v) is 4.87. The molecule has 2 N–H and O–H groups in total. The number of amides is 1. The molecule has 1 aromatic rings. The molecule has 1 atom stereocenters. The summed E-state index contributed by atoms with van der Waals surface area (Å²) >= 11 is 0. The van der Waals surface area contributed by atoms with Crippen molar-refractivity contribution >= 4 is 17.7 Å². The highest BCUT2D eigenvalue weighted by atomic mass is 16.1. The van der Waals surface area contributed by atoms with Crippen LogP contribution in [-0.4, -0.2) is 23.9 Å². The summed E-state index contributed by atoms with van der Waals surface area (Å²) in [4.78, 5) is 13.3. The maximum Gasteiger partial charge on any atom is 0.210 e. The van der Waals surface area contributed by atoms with E-state index in [-0.39, 0.29) is 11.5 Å². The third kappa shape index (κ3) is 3.70. The summed E-state index contributed by atoms with van der Waals surface area (Å²) in [6.45, 7) is 9.59. The van der Waals surface area contributed by atoms with E-state index >= 15 is 0 Å². The summed E-state index contributed by atoms with van der Waals surface area (Å²) in [5.41, 5.74) is 10.8. The molecule has 1 heterocycles. The molecule has 0 aromatic heterocycles. The Morgan fingerprint density at radius 2 is 2.14 bits per heavy atom. The molecule has 120 valence electrons. The number of nitrogens with zero attached hydrogens (tertiary/aromatic N) is 1. The maximum absolute atomic E-state index is 11.4. The molecule has 0 radical (unpaired) electrons. The molecule has 0 saturated heterocycles. The van der Waals surface area contributed by atoms with Gasteiger partial charge in [0.1, 0.15) is 0 Å². The standard InChI is InChI=1S/C19H28N2O/c1-5-19(3,4)12-16-11-15(8-9-21(16)13-22)17-10-14(2)6-7-18(17)20/h6-7,10-11,13,16H,5,8-9,12,20H2,1-4H3. The molecular formula is C19H28N2O. The Labute approximate surface area is 134 Å². The number of nitrogens with two attached hydrogens (primary N) is 1. The highest BCUT2D eigenvalue weighted by Gasteiger charge is 2.27. The average Bonchev–Trinajstić information content (AvgIpc) is 2.49. The lowest BCUT2D eigenvalue weighted by molar-refractivity contribution is -0.120. The number of hydrogen-bond acceptors (Lipinski definition) is 2. The SMILES string of the molecule is CCC(C)(C)CC1C=C(c2cc(C)ccc2N)CCN1C=O. The number of anilines is 1. The van der Waals surface area contributed by atoms with E-state index in [1.54, 1.807) is 0 Å². The highest BCUT2D eigenvalue weighted by Crippen LogP contribution is 2.34. The molecule has 0 aliphatic carbocycles. The van der Waals surface area contributed by atoms with Gasteiger partial charge in [0.2, 0.25) is 6.41 Å². The first-order valence-corrected chi connectivity index (χ1v) is 8.14. The lowest BCUT2D eigenvalue weighted by atomic mass is 9.81. The summed E-state index contributed by atoms with van der Waals surface area (Å²) in [7, 11) is 0. The first kappa shape index (κ1) is 16.6. The normalized spacial score (nSPS) is 19.0. The van der Waals surface area contributed by atoms with Crippen molar-refractivity contribution in [1.82, 2.24) is 4.90 Å². The van der Waals surface area contributed by atoms with E-state index in [0.29, 0.717) is 0 Å². The highest BCUT2D eigenvalue weighted by molar-refractivity contribution is 5.77. The van der Waals surface area contributed by atoms with Gasteiger partial charge in [-0.05, 0) is 42.9 Å². The van der Waals surface area contributed by atoms with Crippen molar-refractivity contribution in [1.29, 1.82) is 0 Å². The van der Waals surface area contributed by atoms with Crippen molar-refractivity contribution < 1.29 is 4.79 Å². The molecule has 1 aliphatic rings. The molecule has 22 heavy (non-hydrogen) atoms. The Balaban J connectivity index is 2.34. The van der Waals surface area contributed by atoms with E-state index in [1.807, 2.05) is 17.0 Å².